The number of carboxylic acids is 1. The van der Waals surface area contributed by atoms with E-state index >= 15 is 0 Å². The Bertz CT molecular complexity index is 1050. The molecule has 2 aromatic carbocycles. The molecule has 0 saturated heterocycles. The zero-order valence-corrected chi connectivity index (χ0v) is 24.6. The van der Waals surface area contributed by atoms with E-state index in [1.54, 1.807) is 11.9 Å². The van der Waals surface area contributed by atoms with Gasteiger partial charge in [-0.05, 0) is 55.7 Å². The molecule has 0 bridgehead atoms. The van der Waals surface area contributed by atoms with Gasteiger partial charge in [-0.1, -0.05) is 74.5 Å². The van der Waals surface area contributed by atoms with E-state index < -0.39 is 18.1 Å². The maximum Gasteiger partial charge on any atom is 0.326 e. The van der Waals surface area contributed by atoms with Crippen LogP contribution in [0.15, 0.2) is 60.7 Å². The van der Waals surface area contributed by atoms with Crippen molar-refractivity contribution in [2.45, 2.75) is 70.1 Å². The first-order valence-electron chi connectivity index (χ1n) is 14.4. The third kappa shape index (κ3) is 11.9. The topological polar surface area (TPSA) is 163 Å². The molecular formula is C31H48N6O4. The molecule has 226 valence electrons. The van der Waals surface area contributed by atoms with E-state index in [2.05, 4.69) is 16.0 Å². The van der Waals surface area contributed by atoms with E-state index in [-0.39, 0.29) is 36.5 Å². The van der Waals surface area contributed by atoms with Crippen LogP contribution in [-0.2, 0) is 16.0 Å². The molecule has 2 aromatic rings. The van der Waals surface area contributed by atoms with Gasteiger partial charge in [-0.2, -0.15) is 0 Å². The van der Waals surface area contributed by atoms with E-state index in [4.69, 9.17) is 11.5 Å². The van der Waals surface area contributed by atoms with Gasteiger partial charge in [0.2, 0.25) is 5.91 Å². The minimum atomic E-state index is -1.07. The Kier molecular flexibility index (Phi) is 14.9. The van der Waals surface area contributed by atoms with Gasteiger partial charge in [-0.3, -0.25) is 4.79 Å². The third-order valence-electron chi connectivity index (χ3n) is 7.04. The van der Waals surface area contributed by atoms with Crippen LogP contribution in [0.25, 0.3) is 0 Å². The molecule has 0 fully saturated rings. The largest absolute Gasteiger partial charge is 0.480 e. The van der Waals surface area contributed by atoms with Gasteiger partial charge in [0.1, 0.15) is 6.04 Å². The zero-order valence-electron chi connectivity index (χ0n) is 24.6. The van der Waals surface area contributed by atoms with Crippen molar-refractivity contribution in [3.8, 4) is 0 Å². The zero-order chi connectivity index (χ0) is 30.2. The number of hydrogen-bond acceptors (Lipinski definition) is 6. The van der Waals surface area contributed by atoms with Crippen LogP contribution < -0.4 is 27.4 Å². The Balaban J connectivity index is 2.17. The molecule has 3 amide bonds. The summed E-state index contributed by atoms with van der Waals surface area (Å²) in [6, 6.07) is 16.9. The number of hydrogen-bond donors (Lipinski definition) is 6. The van der Waals surface area contributed by atoms with Gasteiger partial charge in [0.05, 0.1) is 12.1 Å². The summed E-state index contributed by atoms with van der Waals surface area (Å²) in [7, 11) is 1.72. The predicted molar refractivity (Wildman–Crippen MR) is 162 cm³/mol. The lowest BCUT2D eigenvalue weighted by Gasteiger charge is -2.31. The molecule has 10 nitrogen and oxygen atoms in total. The standard InChI is InChI=1S/C31H48N6O4/c1-22(2)18-27(29(38)36-26(30(39)40)16-10-11-17-32)34-21-25(19-23-12-6-4-7-13-23)35-31(41)37(3)28(20-33)24-14-8-5-9-15-24/h4-9,12-15,22,25-28,34H,10-11,16-21,32-33H2,1-3H3,(H,35,41)(H,36,38)(H,39,40). The number of aliphatic carboxylic acids is 1. The van der Waals surface area contributed by atoms with Crippen LogP contribution in [0.1, 0.15) is 56.7 Å². The van der Waals surface area contributed by atoms with Crippen LogP contribution in [0.4, 0.5) is 4.79 Å². The smallest absolute Gasteiger partial charge is 0.326 e. The van der Waals surface area contributed by atoms with E-state index in [1.807, 2.05) is 74.5 Å². The third-order valence-corrected chi connectivity index (χ3v) is 7.04. The summed E-state index contributed by atoms with van der Waals surface area (Å²) in [5, 5.41) is 18.8. The number of urea groups is 1. The Morgan fingerprint density at radius 3 is 2.10 bits per heavy atom. The molecule has 0 saturated carbocycles. The first-order valence-corrected chi connectivity index (χ1v) is 14.4. The molecule has 8 N–H and O–H groups in total. The van der Waals surface area contributed by atoms with Gasteiger partial charge < -0.3 is 37.4 Å². The lowest BCUT2D eigenvalue weighted by atomic mass is 10.0. The fraction of sp³-hybridized carbons (Fsp3) is 0.516. The lowest BCUT2D eigenvalue weighted by Crippen LogP contribution is -2.55. The maximum absolute atomic E-state index is 13.4. The monoisotopic (exact) mass is 568 g/mol. The van der Waals surface area contributed by atoms with Crippen LogP contribution in [0.5, 0.6) is 0 Å². The normalized spacial score (nSPS) is 14.1. The summed E-state index contributed by atoms with van der Waals surface area (Å²) in [4.78, 5) is 40.0. The van der Waals surface area contributed by atoms with Crippen molar-refractivity contribution in [2.24, 2.45) is 17.4 Å². The number of nitrogens with zero attached hydrogens (tertiary/aromatic N) is 1. The second-order valence-corrected chi connectivity index (χ2v) is 10.9. The molecule has 0 spiro atoms. The van der Waals surface area contributed by atoms with Crippen molar-refractivity contribution in [3.05, 3.63) is 71.8 Å². The number of carboxylic acid groups (broad SMARTS) is 1. The first-order chi connectivity index (χ1) is 19.7. The van der Waals surface area contributed by atoms with Crippen molar-refractivity contribution in [1.29, 1.82) is 0 Å². The molecule has 4 unspecified atom stereocenters. The molecule has 0 aromatic heterocycles. The van der Waals surface area contributed by atoms with E-state index in [0.29, 0.717) is 45.2 Å². The quantitative estimate of drug-likeness (QED) is 0.151. The number of benzene rings is 2. The van der Waals surface area contributed by atoms with Gasteiger partial charge in [-0.15, -0.1) is 0 Å². The number of nitrogens with two attached hydrogens (primary N) is 2. The average molecular weight is 569 g/mol. The Morgan fingerprint density at radius 2 is 1.54 bits per heavy atom. The number of amides is 3. The average Bonchev–Trinajstić information content (AvgIpc) is 2.95. The maximum atomic E-state index is 13.4. The summed E-state index contributed by atoms with van der Waals surface area (Å²) >= 11 is 0. The highest BCUT2D eigenvalue weighted by Gasteiger charge is 2.28. The van der Waals surface area contributed by atoms with E-state index in [1.165, 1.54) is 0 Å². The fourth-order valence-corrected chi connectivity index (χ4v) is 4.75. The highest BCUT2D eigenvalue weighted by atomic mass is 16.4. The van der Waals surface area contributed by atoms with Gasteiger partial charge in [0.25, 0.3) is 0 Å². The second kappa shape index (κ2) is 18.1. The highest BCUT2D eigenvalue weighted by Crippen LogP contribution is 2.18. The van der Waals surface area contributed by atoms with Gasteiger partial charge >= 0.3 is 12.0 Å². The van der Waals surface area contributed by atoms with Crippen molar-refractivity contribution in [1.82, 2.24) is 20.9 Å². The minimum absolute atomic E-state index is 0.184. The summed E-state index contributed by atoms with van der Waals surface area (Å²) in [6.07, 6.45) is 2.67. The summed E-state index contributed by atoms with van der Waals surface area (Å²) in [5.41, 5.74) is 13.6. The second-order valence-electron chi connectivity index (χ2n) is 10.9. The number of unbranched alkanes of at least 4 members (excludes halogenated alkanes) is 1. The van der Waals surface area contributed by atoms with Crippen LogP contribution in [0, 0.1) is 5.92 Å². The fourth-order valence-electron chi connectivity index (χ4n) is 4.75. The molecule has 0 heterocycles. The molecule has 0 aliphatic rings. The highest BCUT2D eigenvalue weighted by molar-refractivity contribution is 5.87. The SMILES string of the molecule is CC(C)CC(NCC(Cc1ccccc1)NC(=O)N(C)C(CN)c1ccccc1)C(=O)NC(CCCCN)C(=O)O. The Morgan fingerprint density at radius 1 is 0.902 bits per heavy atom. The Labute approximate surface area is 244 Å². The van der Waals surface area contributed by atoms with E-state index in [9.17, 15) is 19.5 Å². The summed E-state index contributed by atoms with van der Waals surface area (Å²) in [5.74, 6) is -1.25. The summed E-state index contributed by atoms with van der Waals surface area (Å²) < 4.78 is 0. The van der Waals surface area contributed by atoms with Crippen LogP contribution in [-0.4, -0.2) is 72.7 Å². The van der Waals surface area contributed by atoms with E-state index in [0.717, 1.165) is 11.1 Å². The molecular weight excluding hydrogens is 520 g/mol. The number of carbonyl (C=O) groups excluding carboxylic acids is 2. The number of likely N-dealkylation sites (N-methyl/N-ethyl adjacent to an activating group) is 1. The number of carbonyl (C=O) groups is 3. The molecule has 0 radical (unpaired) electrons. The minimum Gasteiger partial charge on any atom is -0.480 e. The predicted octanol–water partition coefficient (Wildman–Crippen LogP) is 2.64. The molecule has 41 heavy (non-hydrogen) atoms. The van der Waals surface area contributed by atoms with Crippen LogP contribution in [0.3, 0.4) is 0 Å². The molecule has 0 aliphatic carbocycles. The van der Waals surface area contributed by atoms with Gasteiger partial charge in [-0.25, -0.2) is 9.59 Å². The lowest BCUT2D eigenvalue weighted by molar-refractivity contribution is -0.142. The Hall–Kier alpha value is -3.47. The summed E-state index contributed by atoms with van der Waals surface area (Å²) in [6.45, 7) is 5.06. The van der Waals surface area contributed by atoms with Crippen molar-refractivity contribution >= 4 is 17.9 Å². The number of nitrogens with one attached hydrogen (secondary N) is 3. The van der Waals surface area contributed by atoms with Crippen LogP contribution in [0.2, 0.25) is 0 Å². The van der Waals surface area contributed by atoms with Crippen LogP contribution >= 0.6 is 0 Å². The van der Waals surface area contributed by atoms with Gasteiger partial charge in [0, 0.05) is 26.2 Å². The number of rotatable bonds is 18. The van der Waals surface area contributed by atoms with Crippen molar-refractivity contribution in [2.75, 3.05) is 26.7 Å². The molecule has 4 atom stereocenters. The molecule has 2 rings (SSSR count). The van der Waals surface area contributed by atoms with Crippen molar-refractivity contribution < 1.29 is 19.5 Å². The molecule has 10 heteroatoms. The molecule has 0 aliphatic heterocycles. The van der Waals surface area contributed by atoms with Crippen molar-refractivity contribution in [3.63, 3.8) is 0 Å². The first kappa shape index (κ1) is 33.7. The van der Waals surface area contributed by atoms with Gasteiger partial charge in [0.15, 0.2) is 0 Å².